The van der Waals surface area contributed by atoms with Crippen molar-refractivity contribution >= 4 is 18.0 Å². The van der Waals surface area contributed by atoms with Crippen LogP contribution in [0.4, 0.5) is 4.79 Å². The average Bonchev–Trinajstić information content (AvgIpc) is 2.38. The molecule has 0 bridgehead atoms. The number of hydrogen-bond donors (Lipinski definition) is 2. The van der Waals surface area contributed by atoms with E-state index in [-0.39, 0.29) is 12.5 Å². The van der Waals surface area contributed by atoms with Gasteiger partial charge in [0.25, 0.3) is 0 Å². The van der Waals surface area contributed by atoms with E-state index < -0.39 is 23.4 Å². The van der Waals surface area contributed by atoms with Gasteiger partial charge < -0.3 is 9.84 Å². The summed E-state index contributed by atoms with van der Waals surface area (Å²) in [7, 11) is 1.19. The Morgan fingerprint density at radius 1 is 1.40 bits per heavy atom. The number of amides is 2. The lowest BCUT2D eigenvalue weighted by molar-refractivity contribution is -0.151. The fourth-order valence-corrected chi connectivity index (χ4v) is 2.37. The molecular formula is C13H22N2O5. The van der Waals surface area contributed by atoms with Gasteiger partial charge in [0.2, 0.25) is 5.91 Å². The second-order valence-corrected chi connectivity index (χ2v) is 5.64. The van der Waals surface area contributed by atoms with Crippen LogP contribution in [0.1, 0.15) is 26.7 Å². The molecule has 20 heavy (non-hydrogen) atoms. The molecule has 7 heteroatoms. The molecule has 2 N–H and O–H groups in total. The first-order valence-electron chi connectivity index (χ1n) is 6.61. The number of ether oxygens (including phenoxy) is 1. The molecule has 1 saturated heterocycles. The molecule has 0 saturated carbocycles. The average molecular weight is 286 g/mol. The molecular weight excluding hydrogens is 264 g/mol. The lowest BCUT2D eigenvalue weighted by atomic mass is 9.74. The monoisotopic (exact) mass is 286 g/mol. The lowest BCUT2D eigenvalue weighted by Crippen LogP contribution is -2.48. The Bertz CT molecular complexity index is 394. The molecule has 1 atom stereocenters. The predicted octanol–water partition coefficient (Wildman–Crippen LogP) is 0.692. The van der Waals surface area contributed by atoms with Crippen LogP contribution in [0.15, 0.2) is 0 Å². The first kappa shape index (κ1) is 16.4. The second kappa shape index (κ2) is 6.69. The molecule has 0 aromatic heterocycles. The normalized spacial score (nSPS) is 20.2. The maximum atomic E-state index is 11.6. The molecule has 0 spiro atoms. The van der Waals surface area contributed by atoms with Gasteiger partial charge in [0, 0.05) is 6.54 Å². The molecule has 0 aromatic carbocycles. The Labute approximate surface area is 118 Å². The number of hydrogen-bond acceptors (Lipinski definition) is 5. The number of rotatable bonds is 4. The molecule has 1 aliphatic heterocycles. The Balaban J connectivity index is 2.55. The van der Waals surface area contributed by atoms with Crippen molar-refractivity contribution in [2.45, 2.75) is 26.7 Å². The van der Waals surface area contributed by atoms with E-state index in [0.717, 1.165) is 19.4 Å². The summed E-state index contributed by atoms with van der Waals surface area (Å²) < 4.78 is 4.35. The zero-order chi connectivity index (χ0) is 15.3. The van der Waals surface area contributed by atoms with Crippen molar-refractivity contribution in [2.75, 3.05) is 26.7 Å². The molecule has 0 radical (unpaired) electrons. The van der Waals surface area contributed by atoms with Gasteiger partial charge in [0.15, 0.2) is 0 Å². The van der Waals surface area contributed by atoms with Gasteiger partial charge in [-0.1, -0.05) is 0 Å². The number of nitrogens with zero attached hydrogens (tertiary/aromatic N) is 1. The molecule has 1 fully saturated rings. The van der Waals surface area contributed by atoms with E-state index in [1.807, 2.05) is 4.90 Å². The van der Waals surface area contributed by atoms with Crippen molar-refractivity contribution < 1.29 is 24.2 Å². The number of carboxylic acid groups (broad SMARTS) is 1. The SMILES string of the molecule is COC(=O)NC(=O)CN1CCCC(C(C)(C)C(=O)O)C1. The highest BCUT2D eigenvalue weighted by atomic mass is 16.5. The summed E-state index contributed by atoms with van der Waals surface area (Å²) >= 11 is 0. The van der Waals surface area contributed by atoms with Crippen LogP contribution < -0.4 is 5.32 Å². The van der Waals surface area contributed by atoms with Crippen LogP contribution in [-0.4, -0.2) is 54.7 Å². The van der Waals surface area contributed by atoms with Crippen LogP contribution in [0.2, 0.25) is 0 Å². The Hall–Kier alpha value is -1.63. The fourth-order valence-electron chi connectivity index (χ4n) is 2.37. The number of piperidine rings is 1. The summed E-state index contributed by atoms with van der Waals surface area (Å²) in [6.45, 7) is 4.74. The molecule has 1 unspecified atom stereocenters. The number of alkyl carbamates (subject to hydrolysis) is 1. The summed E-state index contributed by atoms with van der Waals surface area (Å²) in [5.41, 5.74) is -0.822. The predicted molar refractivity (Wildman–Crippen MR) is 71.1 cm³/mol. The highest BCUT2D eigenvalue weighted by molar-refractivity contribution is 5.92. The van der Waals surface area contributed by atoms with Crippen LogP contribution in [0.5, 0.6) is 0 Å². The number of likely N-dealkylation sites (tertiary alicyclic amines) is 1. The summed E-state index contributed by atoms with van der Waals surface area (Å²) in [5, 5.41) is 11.3. The van der Waals surface area contributed by atoms with Crippen molar-refractivity contribution in [3.8, 4) is 0 Å². The maximum Gasteiger partial charge on any atom is 0.413 e. The molecule has 0 aromatic rings. The van der Waals surface area contributed by atoms with Crippen LogP contribution in [0.3, 0.4) is 0 Å². The number of imide groups is 1. The summed E-state index contributed by atoms with van der Waals surface area (Å²) in [5.74, 6) is -1.28. The van der Waals surface area contributed by atoms with Crippen LogP contribution in [0, 0.1) is 11.3 Å². The van der Waals surface area contributed by atoms with Crippen LogP contribution >= 0.6 is 0 Å². The van der Waals surface area contributed by atoms with Crippen molar-refractivity contribution in [1.29, 1.82) is 0 Å². The first-order valence-corrected chi connectivity index (χ1v) is 6.61. The molecule has 2 amide bonds. The Morgan fingerprint density at radius 3 is 2.60 bits per heavy atom. The van der Waals surface area contributed by atoms with Crippen LogP contribution in [0.25, 0.3) is 0 Å². The number of nitrogens with one attached hydrogen (secondary N) is 1. The molecule has 7 nitrogen and oxygen atoms in total. The maximum absolute atomic E-state index is 11.6. The molecule has 1 heterocycles. The van der Waals surface area contributed by atoms with E-state index in [1.54, 1.807) is 13.8 Å². The number of carbonyl (C=O) groups excluding carboxylic acids is 2. The number of carboxylic acids is 1. The van der Waals surface area contributed by atoms with Gasteiger partial charge in [-0.15, -0.1) is 0 Å². The first-order chi connectivity index (χ1) is 9.27. The zero-order valence-corrected chi connectivity index (χ0v) is 12.1. The van der Waals surface area contributed by atoms with Gasteiger partial charge in [0.1, 0.15) is 0 Å². The topological polar surface area (TPSA) is 95.9 Å². The van der Waals surface area contributed by atoms with Crippen molar-refractivity contribution in [3.05, 3.63) is 0 Å². The smallest absolute Gasteiger partial charge is 0.413 e. The number of carbonyl (C=O) groups is 3. The van der Waals surface area contributed by atoms with E-state index >= 15 is 0 Å². The third-order valence-electron chi connectivity index (χ3n) is 3.87. The van der Waals surface area contributed by atoms with Crippen molar-refractivity contribution in [3.63, 3.8) is 0 Å². The largest absolute Gasteiger partial charge is 0.481 e. The minimum atomic E-state index is -0.830. The molecule has 1 rings (SSSR count). The van der Waals surface area contributed by atoms with Crippen molar-refractivity contribution in [2.24, 2.45) is 11.3 Å². The van der Waals surface area contributed by atoms with Gasteiger partial charge in [-0.2, -0.15) is 0 Å². The summed E-state index contributed by atoms with van der Waals surface area (Å²) in [4.78, 5) is 35.7. The third-order valence-corrected chi connectivity index (χ3v) is 3.87. The van der Waals surface area contributed by atoms with E-state index in [9.17, 15) is 19.5 Å². The van der Waals surface area contributed by atoms with E-state index in [2.05, 4.69) is 10.1 Å². The second-order valence-electron chi connectivity index (χ2n) is 5.64. The number of methoxy groups -OCH3 is 1. The van der Waals surface area contributed by atoms with E-state index in [4.69, 9.17) is 0 Å². The minimum absolute atomic E-state index is 0.0142. The fraction of sp³-hybridized carbons (Fsp3) is 0.769. The molecule has 1 aliphatic rings. The molecule has 0 aliphatic carbocycles. The zero-order valence-electron chi connectivity index (χ0n) is 12.1. The van der Waals surface area contributed by atoms with E-state index in [1.165, 1.54) is 7.11 Å². The number of aliphatic carboxylic acids is 1. The quantitative estimate of drug-likeness (QED) is 0.789. The van der Waals surface area contributed by atoms with Gasteiger partial charge in [-0.25, -0.2) is 4.79 Å². The third kappa shape index (κ3) is 4.19. The Kier molecular flexibility index (Phi) is 5.50. The highest BCUT2D eigenvalue weighted by Crippen LogP contribution is 2.34. The van der Waals surface area contributed by atoms with E-state index in [0.29, 0.717) is 6.54 Å². The van der Waals surface area contributed by atoms with Crippen molar-refractivity contribution in [1.82, 2.24) is 10.2 Å². The standard InChI is InChI=1S/C13H22N2O5/c1-13(2,11(17)18)9-5-4-6-15(7-9)8-10(16)14-12(19)20-3/h9H,4-8H2,1-3H3,(H,17,18)(H,14,16,19). The summed E-state index contributed by atoms with van der Waals surface area (Å²) in [6.07, 6.45) is 0.885. The highest BCUT2D eigenvalue weighted by Gasteiger charge is 2.39. The van der Waals surface area contributed by atoms with Crippen LogP contribution in [-0.2, 0) is 14.3 Å². The van der Waals surface area contributed by atoms with Gasteiger partial charge in [-0.05, 0) is 39.2 Å². The Morgan fingerprint density at radius 2 is 2.05 bits per heavy atom. The summed E-state index contributed by atoms with van der Waals surface area (Å²) in [6, 6.07) is 0. The molecule has 114 valence electrons. The minimum Gasteiger partial charge on any atom is -0.481 e. The lowest BCUT2D eigenvalue weighted by Gasteiger charge is -2.38. The van der Waals surface area contributed by atoms with Gasteiger partial charge in [0.05, 0.1) is 19.1 Å². The van der Waals surface area contributed by atoms with Gasteiger partial charge >= 0.3 is 12.1 Å². The van der Waals surface area contributed by atoms with Gasteiger partial charge in [-0.3, -0.25) is 19.8 Å².